The molecule has 0 aliphatic heterocycles. The second-order valence-corrected chi connectivity index (χ2v) is 5.93. The number of hydrogen-bond acceptors (Lipinski definition) is 4. The van der Waals surface area contributed by atoms with Crippen LogP contribution in [0.3, 0.4) is 0 Å². The molecule has 2 N–H and O–H groups in total. The zero-order valence-corrected chi connectivity index (χ0v) is 11.9. The molecular formula is C10H12BrNO5S. The summed E-state index contributed by atoms with van der Waals surface area (Å²) >= 11 is 3.13. The van der Waals surface area contributed by atoms with Crippen molar-refractivity contribution in [2.45, 2.75) is 11.3 Å². The summed E-state index contributed by atoms with van der Waals surface area (Å²) in [5.74, 6) is -0.667. The Kier molecular flexibility index (Phi) is 5.12. The van der Waals surface area contributed by atoms with Gasteiger partial charge in [0, 0.05) is 17.1 Å². The maximum atomic E-state index is 11.9. The van der Waals surface area contributed by atoms with Gasteiger partial charge in [0.2, 0.25) is 10.0 Å². The van der Waals surface area contributed by atoms with E-state index in [1.165, 1.54) is 13.2 Å². The number of ether oxygens (including phenoxy) is 1. The van der Waals surface area contributed by atoms with Crippen LogP contribution in [0.4, 0.5) is 0 Å². The number of nitrogens with one attached hydrogen (secondary N) is 1. The van der Waals surface area contributed by atoms with E-state index in [-0.39, 0.29) is 17.9 Å². The zero-order valence-electron chi connectivity index (χ0n) is 9.51. The Hall–Kier alpha value is -1.12. The molecule has 0 aliphatic rings. The van der Waals surface area contributed by atoms with Crippen molar-refractivity contribution in [3.8, 4) is 5.75 Å². The first-order valence-electron chi connectivity index (χ1n) is 4.92. The van der Waals surface area contributed by atoms with Crippen molar-refractivity contribution in [3.63, 3.8) is 0 Å². The Morgan fingerprint density at radius 2 is 2.17 bits per heavy atom. The first-order valence-corrected chi connectivity index (χ1v) is 7.19. The normalized spacial score (nSPS) is 11.2. The maximum absolute atomic E-state index is 11.9. The minimum Gasteiger partial charge on any atom is -0.497 e. The molecule has 0 atom stereocenters. The van der Waals surface area contributed by atoms with Crippen LogP contribution in [0.1, 0.15) is 6.42 Å². The van der Waals surface area contributed by atoms with Crippen molar-refractivity contribution in [2.75, 3.05) is 13.7 Å². The van der Waals surface area contributed by atoms with Crippen LogP contribution in [0, 0.1) is 0 Å². The maximum Gasteiger partial charge on any atom is 0.304 e. The highest BCUT2D eigenvalue weighted by atomic mass is 79.9. The summed E-state index contributed by atoms with van der Waals surface area (Å²) < 4.78 is 31.4. The number of carboxylic acid groups (broad SMARTS) is 1. The summed E-state index contributed by atoms with van der Waals surface area (Å²) in [6.45, 7) is -0.165. The summed E-state index contributed by atoms with van der Waals surface area (Å²) in [5, 5.41) is 8.45. The van der Waals surface area contributed by atoms with Crippen molar-refractivity contribution < 1.29 is 23.1 Å². The third-order valence-electron chi connectivity index (χ3n) is 2.06. The summed E-state index contributed by atoms with van der Waals surface area (Å²) in [5.41, 5.74) is 0. The molecule has 0 spiro atoms. The minimum absolute atomic E-state index is 0.00670. The van der Waals surface area contributed by atoms with Gasteiger partial charge in [-0.2, -0.15) is 0 Å². The highest BCUT2D eigenvalue weighted by molar-refractivity contribution is 9.10. The number of halogens is 1. The van der Waals surface area contributed by atoms with Gasteiger partial charge in [0.15, 0.2) is 0 Å². The molecular weight excluding hydrogens is 326 g/mol. The molecule has 1 rings (SSSR count). The predicted molar refractivity (Wildman–Crippen MR) is 68.1 cm³/mol. The molecule has 0 fully saturated rings. The highest BCUT2D eigenvalue weighted by Gasteiger charge is 2.18. The molecule has 0 aromatic heterocycles. The van der Waals surface area contributed by atoms with Crippen LogP contribution in [0.15, 0.2) is 27.6 Å². The summed E-state index contributed by atoms with van der Waals surface area (Å²) in [6, 6.07) is 4.51. The average molecular weight is 338 g/mol. The molecule has 1 aromatic rings. The third-order valence-corrected chi connectivity index (χ3v) is 4.51. The number of aliphatic carboxylic acids is 1. The van der Waals surface area contributed by atoms with Gasteiger partial charge >= 0.3 is 5.97 Å². The standard InChI is InChI=1S/C10H12BrNO5S/c1-17-7-2-3-8(11)9(6-7)18(15,16)12-5-4-10(13)14/h2-3,6,12H,4-5H2,1H3,(H,13,14). The molecule has 0 radical (unpaired) electrons. The van der Waals surface area contributed by atoms with Crippen LogP contribution >= 0.6 is 15.9 Å². The molecule has 0 amide bonds. The number of sulfonamides is 1. The molecule has 0 unspecified atom stereocenters. The molecule has 6 nitrogen and oxygen atoms in total. The van der Waals surface area contributed by atoms with Crippen LogP contribution < -0.4 is 9.46 Å². The Labute approximate surface area is 113 Å². The fraction of sp³-hybridized carbons (Fsp3) is 0.300. The Morgan fingerprint density at radius 3 is 2.72 bits per heavy atom. The van der Waals surface area contributed by atoms with Gasteiger partial charge in [-0.05, 0) is 28.1 Å². The molecule has 0 bridgehead atoms. The van der Waals surface area contributed by atoms with Crippen molar-refractivity contribution in [2.24, 2.45) is 0 Å². The summed E-state index contributed by atoms with van der Waals surface area (Å²) in [4.78, 5) is 10.3. The van der Waals surface area contributed by atoms with Crippen molar-refractivity contribution in [1.29, 1.82) is 0 Å². The van der Waals surface area contributed by atoms with Crippen LogP contribution in [-0.2, 0) is 14.8 Å². The SMILES string of the molecule is COc1ccc(Br)c(S(=O)(=O)NCCC(=O)O)c1. The monoisotopic (exact) mass is 337 g/mol. The van der Waals surface area contributed by atoms with Crippen LogP contribution in [-0.4, -0.2) is 33.1 Å². The lowest BCUT2D eigenvalue weighted by Gasteiger charge is -2.09. The van der Waals surface area contributed by atoms with E-state index in [2.05, 4.69) is 20.7 Å². The van der Waals surface area contributed by atoms with Gasteiger partial charge in [0.25, 0.3) is 0 Å². The number of benzene rings is 1. The number of hydrogen-bond donors (Lipinski definition) is 2. The number of methoxy groups -OCH3 is 1. The lowest BCUT2D eigenvalue weighted by Crippen LogP contribution is -2.26. The van der Waals surface area contributed by atoms with Gasteiger partial charge in [-0.25, -0.2) is 13.1 Å². The van der Waals surface area contributed by atoms with Gasteiger partial charge in [-0.3, -0.25) is 4.79 Å². The van der Waals surface area contributed by atoms with Crippen molar-refractivity contribution >= 4 is 31.9 Å². The molecule has 0 aliphatic carbocycles. The van der Waals surface area contributed by atoms with E-state index >= 15 is 0 Å². The molecule has 8 heteroatoms. The highest BCUT2D eigenvalue weighted by Crippen LogP contribution is 2.26. The van der Waals surface area contributed by atoms with Gasteiger partial charge < -0.3 is 9.84 Å². The second kappa shape index (κ2) is 6.17. The molecule has 0 saturated heterocycles. The third kappa shape index (κ3) is 3.97. The summed E-state index contributed by atoms with van der Waals surface area (Å²) in [6.07, 6.45) is -0.277. The molecule has 0 saturated carbocycles. The van der Waals surface area contributed by atoms with E-state index < -0.39 is 16.0 Å². The second-order valence-electron chi connectivity index (χ2n) is 3.34. The quantitative estimate of drug-likeness (QED) is 0.813. The molecule has 100 valence electrons. The van der Waals surface area contributed by atoms with Crippen LogP contribution in [0.25, 0.3) is 0 Å². The van der Waals surface area contributed by atoms with E-state index in [1.54, 1.807) is 12.1 Å². The lowest BCUT2D eigenvalue weighted by molar-refractivity contribution is -0.136. The van der Waals surface area contributed by atoms with Crippen molar-refractivity contribution in [1.82, 2.24) is 4.72 Å². The van der Waals surface area contributed by atoms with Gasteiger partial charge in [0.1, 0.15) is 5.75 Å². The predicted octanol–water partition coefficient (Wildman–Crippen LogP) is 1.21. The number of rotatable bonds is 6. The first kappa shape index (κ1) is 14.9. The Morgan fingerprint density at radius 1 is 1.50 bits per heavy atom. The lowest BCUT2D eigenvalue weighted by atomic mass is 10.3. The molecule has 1 aromatic carbocycles. The van der Waals surface area contributed by atoms with Gasteiger partial charge in [-0.1, -0.05) is 0 Å². The van der Waals surface area contributed by atoms with Gasteiger partial charge in [-0.15, -0.1) is 0 Å². The van der Waals surface area contributed by atoms with Gasteiger partial charge in [0.05, 0.1) is 18.4 Å². The van der Waals surface area contributed by atoms with E-state index in [1.807, 2.05) is 0 Å². The van der Waals surface area contributed by atoms with Crippen LogP contribution in [0.5, 0.6) is 5.75 Å². The minimum atomic E-state index is -3.76. The average Bonchev–Trinajstić information content (AvgIpc) is 2.28. The number of carbonyl (C=O) groups is 1. The van der Waals surface area contributed by atoms with E-state index in [9.17, 15) is 13.2 Å². The Bertz CT molecular complexity index is 543. The first-order chi connectivity index (χ1) is 8.36. The van der Waals surface area contributed by atoms with E-state index in [0.717, 1.165) is 0 Å². The fourth-order valence-corrected chi connectivity index (χ4v) is 3.19. The molecule has 0 heterocycles. The smallest absolute Gasteiger partial charge is 0.304 e. The topological polar surface area (TPSA) is 92.7 Å². The fourth-order valence-electron chi connectivity index (χ4n) is 1.19. The Balaban J connectivity index is 2.93. The van der Waals surface area contributed by atoms with E-state index in [0.29, 0.717) is 10.2 Å². The van der Waals surface area contributed by atoms with Crippen LogP contribution in [0.2, 0.25) is 0 Å². The number of carboxylic acids is 1. The summed E-state index contributed by atoms with van der Waals surface area (Å²) in [7, 11) is -2.33. The van der Waals surface area contributed by atoms with Crippen molar-refractivity contribution in [3.05, 3.63) is 22.7 Å². The largest absolute Gasteiger partial charge is 0.497 e. The zero-order chi connectivity index (χ0) is 13.8. The van der Waals surface area contributed by atoms with E-state index in [4.69, 9.17) is 9.84 Å². The molecule has 18 heavy (non-hydrogen) atoms.